The average Bonchev–Trinajstić information content (AvgIpc) is 3.04. The summed E-state index contributed by atoms with van der Waals surface area (Å²) in [6.07, 6.45) is 3.36. The summed E-state index contributed by atoms with van der Waals surface area (Å²) in [5.41, 5.74) is 2.29. The van der Waals surface area contributed by atoms with Crippen LogP contribution in [-0.2, 0) is 11.2 Å². The van der Waals surface area contributed by atoms with Gasteiger partial charge in [0, 0.05) is 5.69 Å². The summed E-state index contributed by atoms with van der Waals surface area (Å²) in [5, 5.41) is 10.3. The van der Waals surface area contributed by atoms with Crippen LogP contribution in [0.1, 0.15) is 5.56 Å². The number of carbonyl (C=O) groups is 1. The number of nitrogens with zero attached hydrogens (tertiary/aromatic N) is 3. The normalized spacial score (nSPS) is 10.4. The molecule has 1 N–H and O–H groups in total. The molecule has 0 aliphatic heterocycles. The SMILES string of the molecule is O=C(Cc1ccc(F)cc1)Nc1cccc(-n2cnnc2)c1. The molecule has 3 aromatic rings. The van der Waals surface area contributed by atoms with Gasteiger partial charge < -0.3 is 5.32 Å². The van der Waals surface area contributed by atoms with Crippen molar-refractivity contribution in [3.05, 3.63) is 72.6 Å². The molecule has 0 saturated heterocycles. The zero-order valence-corrected chi connectivity index (χ0v) is 11.6. The Bertz CT molecular complexity index is 769. The number of amides is 1. The van der Waals surface area contributed by atoms with Crippen LogP contribution in [0.4, 0.5) is 10.1 Å². The third kappa shape index (κ3) is 3.35. The summed E-state index contributed by atoms with van der Waals surface area (Å²) in [6, 6.07) is 13.2. The van der Waals surface area contributed by atoms with Crippen molar-refractivity contribution in [2.24, 2.45) is 0 Å². The Kier molecular flexibility index (Phi) is 3.91. The summed E-state index contributed by atoms with van der Waals surface area (Å²) in [7, 11) is 0. The third-order valence-corrected chi connectivity index (χ3v) is 3.12. The van der Waals surface area contributed by atoms with Crippen molar-refractivity contribution >= 4 is 11.6 Å². The van der Waals surface area contributed by atoms with E-state index in [4.69, 9.17) is 0 Å². The van der Waals surface area contributed by atoms with Gasteiger partial charge in [0.15, 0.2) is 0 Å². The van der Waals surface area contributed by atoms with Crippen LogP contribution in [-0.4, -0.2) is 20.7 Å². The lowest BCUT2D eigenvalue weighted by atomic mass is 10.1. The number of halogens is 1. The van der Waals surface area contributed by atoms with Gasteiger partial charge >= 0.3 is 0 Å². The minimum Gasteiger partial charge on any atom is -0.326 e. The summed E-state index contributed by atoms with van der Waals surface area (Å²) < 4.78 is 14.6. The second-order valence-corrected chi connectivity index (χ2v) is 4.77. The molecule has 1 aromatic heterocycles. The highest BCUT2D eigenvalue weighted by molar-refractivity contribution is 5.92. The summed E-state index contributed by atoms with van der Waals surface area (Å²) >= 11 is 0. The Hall–Kier alpha value is -3.02. The van der Waals surface area contributed by atoms with E-state index in [0.717, 1.165) is 11.3 Å². The second kappa shape index (κ2) is 6.17. The fraction of sp³-hybridized carbons (Fsp3) is 0.0625. The van der Waals surface area contributed by atoms with Gasteiger partial charge in [-0.2, -0.15) is 0 Å². The molecule has 5 nitrogen and oxygen atoms in total. The molecule has 3 rings (SSSR count). The van der Waals surface area contributed by atoms with Gasteiger partial charge in [0.2, 0.25) is 5.91 Å². The van der Waals surface area contributed by atoms with Crippen LogP contribution in [0.15, 0.2) is 61.2 Å². The molecule has 0 fully saturated rings. The average molecular weight is 296 g/mol. The minimum absolute atomic E-state index is 0.160. The first-order valence-electron chi connectivity index (χ1n) is 6.70. The van der Waals surface area contributed by atoms with Gasteiger partial charge in [0.1, 0.15) is 18.5 Å². The number of aromatic nitrogens is 3. The van der Waals surface area contributed by atoms with Crippen LogP contribution >= 0.6 is 0 Å². The molecule has 2 aromatic carbocycles. The van der Waals surface area contributed by atoms with E-state index in [0.29, 0.717) is 5.69 Å². The van der Waals surface area contributed by atoms with Crippen molar-refractivity contribution in [1.29, 1.82) is 0 Å². The lowest BCUT2D eigenvalue weighted by Gasteiger charge is -2.08. The van der Waals surface area contributed by atoms with E-state index in [1.165, 1.54) is 12.1 Å². The number of anilines is 1. The first kappa shape index (κ1) is 13.9. The number of hydrogen-bond donors (Lipinski definition) is 1. The van der Waals surface area contributed by atoms with Crippen LogP contribution in [0.5, 0.6) is 0 Å². The van der Waals surface area contributed by atoms with E-state index in [1.54, 1.807) is 35.4 Å². The predicted octanol–water partition coefficient (Wildman–Crippen LogP) is 2.59. The van der Waals surface area contributed by atoms with Crippen molar-refractivity contribution in [2.45, 2.75) is 6.42 Å². The molecule has 0 spiro atoms. The molecule has 0 radical (unpaired) electrons. The maximum atomic E-state index is 12.8. The molecule has 6 heteroatoms. The molecule has 0 unspecified atom stereocenters. The zero-order chi connectivity index (χ0) is 15.4. The van der Waals surface area contributed by atoms with E-state index in [9.17, 15) is 9.18 Å². The second-order valence-electron chi connectivity index (χ2n) is 4.77. The van der Waals surface area contributed by atoms with Gasteiger partial charge in [-0.15, -0.1) is 10.2 Å². The fourth-order valence-corrected chi connectivity index (χ4v) is 2.07. The molecule has 1 amide bonds. The topological polar surface area (TPSA) is 59.8 Å². The van der Waals surface area contributed by atoms with E-state index in [-0.39, 0.29) is 18.1 Å². The quantitative estimate of drug-likeness (QED) is 0.805. The number of hydrogen-bond acceptors (Lipinski definition) is 3. The lowest BCUT2D eigenvalue weighted by Crippen LogP contribution is -2.14. The highest BCUT2D eigenvalue weighted by Gasteiger charge is 2.05. The van der Waals surface area contributed by atoms with Gasteiger partial charge in [0.05, 0.1) is 12.1 Å². The number of nitrogens with one attached hydrogen (secondary N) is 1. The van der Waals surface area contributed by atoms with E-state index in [1.807, 2.05) is 18.2 Å². The Morgan fingerprint density at radius 2 is 1.82 bits per heavy atom. The molecule has 110 valence electrons. The third-order valence-electron chi connectivity index (χ3n) is 3.12. The Morgan fingerprint density at radius 1 is 1.09 bits per heavy atom. The molecule has 0 atom stereocenters. The van der Waals surface area contributed by atoms with Gasteiger partial charge in [-0.25, -0.2) is 4.39 Å². The minimum atomic E-state index is -0.314. The first-order valence-corrected chi connectivity index (χ1v) is 6.70. The predicted molar refractivity (Wildman–Crippen MR) is 80.1 cm³/mol. The Morgan fingerprint density at radius 3 is 2.55 bits per heavy atom. The number of benzene rings is 2. The molecule has 0 aliphatic carbocycles. The first-order chi connectivity index (χ1) is 10.7. The van der Waals surface area contributed by atoms with Crippen molar-refractivity contribution in [1.82, 2.24) is 14.8 Å². The summed E-state index contributed by atoms with van der Waals surface area (Å²) in [4.78, 5) is 12.0. The fourth-order valence-electron chi connectivity index (χ4n) is 2.07. The molecule has 1 heterocycles. The highest BCUT2D eigenvalue weighted by Crippen LogP contribution is 2.14. The standard InChI is InChI=1S/C16H13FN4O/c17-13-6-4-12(5-7-13)8-16(22)20-14-2-1-3-15(9-14)21-10-18-19-11-21/h1-7,9-11H,8H2,(H,20,22). The van der Waals surface area contributed by atoms with Gasteiger partial charge in [0.25, 0.3) is 0 Å². The van der Waals surface area contributed by atoms with Crippen LogP contribution in [0.2, 0.25) is 0 Å². The smallest absolute Gasteiger partial charge is 0.228 e. The summed E-state index contributed by atoms with van der Waals surface area (Å²) in [6.45, 7) is 0. The van der Waals surface area contributed by atoms with Crippen molar-refractivity contribution in [2.75, 3.05) is 5.32 Å². The van der Waals surface area contributed by atoms with E-state index < -0.39 is 0 Å². The van der Waals surface area contributed by atoms with Gasteiger partial charge in [-0.3, -0.25) is 9.36 Å². The van der Waals surface area contributed by atoms with Crippen molar-refractivity contribution in [3.63, 3.8) is 0 Å². The van der Waals surface area contributed by atoms with Crippen molar-refractivity contribution < 1.29 is 9.18 Å². The number of carbonyl (C=O) groups excluding carboxylic acids is 1. The van der Waals surface area contributed by atoms with Crippen LogP contribution in [0.25, 0.3) is 5.69 Å². The van der Waals surface area contributed by atoms with Gasteiger partial charge in [-0.1, -0.05) is 18.2 Å². The van der Waals surface area contributed by atoms with E-state index >= 15 is 0 Å². The maximum Gasteiger partial charge on any atom is 0.228 e. The largest absolute Gasteiger partial charge is 0.326 e. The molecular weight excluding hydrogens is 283 g/mol. The Labute approximate surface area is 126 Å². The van der Waals surface area contributed by atoms with Crippen molar-refractivity contribution in [3.8, 4) is 5.69 Å². The van der Waals surface area contributed by atoms with Gasteiger partial charge in [-0.05, 0) is 35.9 Å². The zero-order valence-electron chi connectivity index (χ0n) is 11.6. The Balaban J connectivity index is 1.69. The number of rotatable bonds is 4. The summed E-state index contributed by atoms with van der Waals surface area (Å²) in [5.74, 6) is -0.474. The molecule has 0 saturated carbocycles. The maximum absolute atomic E-state index is 12.8. The van der Waals surface area contributed by atoms with E-state index in [2.05, 4.69) is 15.5 Å². The molecule has 0 bridgehead atoms. The lowest BCUT2D eigenvalue weighted by molar-refractivity contribution is -0.115. The monoisotopic (exact) mass is 296 g/mol. The van der Waals surface area contributed by atoms with Crippen LogP contribution in [0.3, 0.4) is 0 Å². The molecule has 0 aliphatic rings. The molecule has 22 heavy (non-hydrogen) atoms. The van der Waals surface area contributed by atoms with Crippen LogP contribution < -0.4 is 5.32 Å². The highest BCUT2D eigenvalue weighted by atomic mass is 19.1. The van der Waals surface area contributed by atoms with Crippen LogP contribution in [0, 0.1) is 5.82 Å². The molecular formula is C16H13FN4O.